The maximum atomic E-state index is 14.7. The first-order valence-electron chi connectivity index (χ1n) is 20.6. The summed E-state index contributed by atoms with van der Waals surface area (Å²) in [4.78, 5) is 66.9. The highest BCUT2D eigenvalue weighted by atomic mass is 16.7. The fourth-order valence-electron chi connectivity index (χ4n) is 9.52. The maximum Gasteiger partial charge on any atom is 0.411 e. The summed E-state index contributed by atoms with van der Waals surface area (Å²) in [6.45, 7) is 19.2. The van der Waals surface area contributed by atoms with Crippen molar-refractivity contribution in [3.63, 3.8) is 0 Å². The number of carbonyl (C=O) groups is 4. The lowest BCUT2D eigenvalue weighted by Crippen LogP contribution is -2.61. The number of aromatic nitrogens is 3. The molecule has 2 aromatic rings. The van der Waals surface area contributed by atoms with Crippen molar-refractivity contribution in [1.29, 1.82) is 0 Å². The number of unbranched alkanes of at least 4 members (excludes halogenated alkanes) is 1. The van der Waals surface area contributed by atoms with Crippen molar-refractivity contribution in [2.75, 3.05) is 13.2 Å². The van der Waals surface area contributed by atoms with Gasteiger partial charge in [-0.1, -0.05) is 55.4 Å². The van der Waals surface area contributed by atoms with Crippen LogP contribution >= 0.6 is 0 Å². The van der Waals surface area contributed by atoms with Gasteiger partial charge in [0, 0.05) is 60.9 Å². The van der Waals surface area contributed by atoms with Gasteiger partial charge in [0.15, 0.2) is 17.7 Å². The Morgan fingerprint density at radius 2 is 1.70 bits per heavy atom. The fraction of sp³-hybridized carbons (Fsp3) is 0.721. The minimum Gasteiger partial charge on any atom is -0.457 e. The van der Waals surface area contributed by atoms with Crippen LogP contribution in [-0.2, 0) is 39.9 Å². The molecule has 3 fully saturated rings. The molecule has 1 amide bonds. The van der Waals surface area contributed by atoms with E-state index in [0.717, 1.165) is 17.7 Å². The SMILES string of the molecule is CC[C@H]1OC(=O)[C@H](C)C(=O)[C@H](C)[C@@H](OC2O[C@H](C)C[C@H](C)[C@H]2C)C(C)(C)C[C@@H](C)C(=O)[C@H](C)[C@H]2N(CCCCn3cnc(-c4cccnc4)c3)C(=O)O[C@]12CO. The van der Waals surface area contributed by atoms with Gasteiger partial charge in [0.1, 0.15) is 17.8 Å². The van der Waals surface area contributed by atoms with Crippen LogP contribution in [0.25, 0.3) is 11.3 Å². The van der Waals surface area contributed by atoms with Crippen LogP contribution in [-0.4, -0.2) is 97.6 Å². The summed E-state index contributed by atoms with van der Waals surface area (Å²) in [6, 6.07) is 2.86. The number of rotatable bonds is 10. The number of amides is 1. The van der Waals surface area contributed by atoms with E-state index >= 15 is 0 Å². The number of imidazole rings is 1. The van der Waals surface area contributed by atoms with Gasteiger partial charge >= 0.3 is 12.1 Å². The highest BCUT2D eigenvalue weighted by Gasteiger charge is 2.62. The number of Topliss-reactive ketones (excluding diaryl/α,β-unsaturated/α-hetero) is 2. The van der Waals surface area contributed by atoms with Crippen LogP contribution in [0.4, 0.5) is 4.79 Å². The van der Waals surface area contributed by atoms with Crippen molar-refractivity contribution in [3.8, 4) is 11.3 Å². The first-order chi connectivity index (χ1) is 26.4. The van der Waals surface area contributed by atoms with Gasteiger partial charge in [-0.3, -0.25) is 19.4 Å². The first-order valence-corrected chi connectivity index (χ1v) is 20.6. The predicted molar refractivity (Wildman–Crippen MR) is 209 cm³/mol. The molecule has 0 bridgehead atoms. The Hall–Kier alpha value is -3.68. The van der Waals surface area contributed by atoms with Crippen molar-refractivity contribution in [1.82, 2.24) is 19.4 Å². The molecule has 13 nitrogen and oxygen atoms in total. The Labute approximate surface area is 332 Å². The molecule has 3 aliphatic rings. The number of ether oxygens (including phenoxy) is 4. The lowest BCUT2D eigenvalue weighted by molar-refractivity contribution is -0.267. The van der Waals surface area contributed by atoms with Gasteiger partial charge in [0.2, 0.25) is 0 Å². The number of ketones is 2. The van der Waals surface area contributed by atoms with Crippen LogP contribution in [0.2, 0.25) is 0 Å². The standard InChI is InChI=1S/C43H64N4O9/c1-11-34-43(23-48)37(47(41(52)56-43)18-13-12-17-46-22-33(45-24-46)32-15-14-16-44-21-32)29(6)35(49)26(3)20-42(9,10)38(30(7)36(50)31(8)39(51)54-34)55-40-28(5)25(2)19-27(4)53-40/h14-16,21-22,24-31,34,37-38,40,48H,11-13,17-20,23H2,1-10H3/t25-,26+,27+,28+,29-,30-,31+,34+,37+,38+,40?,43+/m0/s1. The molecule has 0 aromatic carbocycles. The van der Waals surface area contributed by atoms with Crippen LogP contribution in [0.1, 0.15) is 101 Å². The van der Waals surface area contributed by atoms with Crippen molar-refractivity contribution < 1.29 is 43.2 Å². The fourth-order valence-corrected chi connectivity index (χ4v) is 9.52. The molecule has 56 heavy (non-hydrogen) atoms. The smallest absolute Gasteiger partial charge is 0.411 e. The number of hydrogen-bond acceptors (Lipinski definition) is 11. The van der Waals surface area contributed by atoms with E-state index in [4.69, 9.17) is 18.9 Å². The molecular formula is C43H64N4O9. The second kappa shape index (κ2) is 17.9. The van der Waals surface area contributed by atoms with E-state index in [1.165, 1.54) is 11.8 Å². The van der Waals surface area contributed by atoms with Gasteiger partial charge in [-0.25, -0.2) is 9.78 Å². The number of esters is 1. The van der Waals surface area contributed by atoms with Gasteiger partial charge < -0.3 is 33.5 Å². The largest absolute Gasteiger partial charge is 0.457 e. The maximum absolute atomic E-state index is 14.7. The van der Waals surface area contributed by atoms with Crippen molar-refractivity contribution in [2.45, 2.75) is 144 Å². The molecule has 0 aliphatic carbocycles. The van der Waals surface area contributed by atoms with E-state index in [0.29, 0.717) is 31.7 Å². The lowest BCUT2D eigenvalue weighted by atomic mass is 9.69. The molecule has 0 spiro atoms. The predicted octanol–water partition coefficient (Wildman–Crippen LogP) is 6.50. The zero-order chi connectivity index (χ0) is 41.1. The summed E-state index contributed by atoms with van der Waals surface area (Å²) in [5, 5.41) is 11.1. The van der Waals surface area contributed by atoms with Gasteiger partial charge in [0.25, 0.3) is 0 Å². The molecule has 3 aliphatic heterocycles. The number of aryl methyl sites for hydroxylation is 1. The molecule has 5 rings (SSSR count). The molecule has 0 saturated carbocycles. The lowest BCUT2D eigenvalue weighted by Gasteiger charge is -2.46. The van der Waals surface area contributed by atoms with E-state index in [1.54, 1.807) is 39.5 Å². The summed E-state index contributed by atoms with van der Waals surface area (Å²) in [5.41, 5.74) is -0.740. The number of aliphatic hydroxyl groups is 1. The highest BCUT2D eigenvalue weighted by molar-refractivity contribution is 6.00. The van der Waals surface area contributed by atoms with E-state index in [-0.39, 0.29) is 36.6 Å². The minimum absolute atomic E-state index is 0.0256. The van der Waals surface area contributed by atoms with Gasteiger partial charge in [-0.05, 0) is 69.4 Å². The van der Waals surface area contributed by atoms with Crippen LogP contribution in [0.15, 0.2) is 37.1 Å². The van der Waals surface area contributed by atoms with Gasteiger partial charge in [-0.2, -0.15) is 0 Å². The molecule has 12 atom stereocenters. The molecule has 13 heteroatoms. The van der Waals surface area contributed by atoms with Gasteiger partial charge in [0.05, 0.1) is 36.9 Å². The third kappa shape index (κ3) is 8.89. The Bertz CT molecular complexity index is 1680. The summed E-state index contributed by atoms with van der Waals surface area (Å²) in [5.74, 6) is -4.12. The Morgan fingerprint density at radius 1 is 0.982 bits per heavy atom. The van der Waals surface area contributed by atoms with E-state index in [2.05, 4.69) is 23.8 Å². The summed E-state index contributed by atoms with van der Waals surface area (Å²) < 4.78 is 27.2. The topological polar surface area (TPSA) is 159 Å². The second-order valence-electron chi connectivity index (χ2n) is 17.5. The minimum atomic E-state index is -1.74. The molecule has 0 radical (unpaired) electrons. The third-order valence-corrected chi connectivity index (χ3v) is 12.8. The van der Waals surface area contributed by atoms with Crippen LogP contribution in [0.3, 0.4) is 0 Å². The highest BCUT2D eigenvalue weighted by Crippen LogP contribution is 2.45. The number of aliphatic hydroxyl groups excluding tert-OH is 1. The first kappa shape index (κ1) is 43.4. The Balaban J connectivity index is 1.43. The molecule has 3 saturated heterocycles. The molecule has 2 aromatic heterocycles. The zero-order valence-corrected chi connectivity index (χ0v) is 35.0. The molecule has 5 heterocycles. The zero-order valence-electron chi connectivity index (χ0n) is 35.0. The average Bonchev–Trinajstić information content (AvgIpc) is 3.76. The van der Waals surface area contributed by atoms with Gasteiger partial charge in [-0.15, -0.1) is 0 Å². The van der Waals surface area contributed by atoms with E-state index in [9.17, 15) is 24.3 Å². The number of fused-ring (bicyclic) bond motifs is 1. The normalized spacial score (nSPS) is 35.8. The number of nitrogens with zero attached hydrogens (tertiary/aromatic N) is 4. The van der Waals surface area contributed by atoms with E-state index < -0.39 is 77.9 Å². The Kier molecular flexibility index (Phi) is 13.8. The summed E-state index contributed by atoms with van der Waals surface area (Å²) in [7, 11) is 0. The summed E-state index contributed by atoms with van der Waals surface area (Å²) in [6.07, 6.45) is 6.76. The number of hydrogen-bond donors (Lipinski definition) is 1. The van der Waals surface area contributed by atoms with Crippen LogP contribution < -0.4 is 0 Å². The number of cyclic esters (lactones) is 1. The third-order valence-electron chi connectivity index (χ3n) is 12.8. The second-order valence-corrected chi connectivity index (χ2v) is 17.5. The molecule has 1 unspecified atom stereocenters. The number of carbonyl (C=O) groups excluding carboxylic acids is 4. The van der Waals surface area contributed by atoms with Crippen molar-refractivity contribution in [2.24, 2.45) is 40.9 Å². The number of pyridine rings is 1. The van der Waals surface area contributed by atoms with E-state index in [1.807, 2.05) is 50.6 Å². The quantitative estimate of drug-likeness (QED) is 0.159. The monoisotopic (exact) mass is 780 g/mol. The molecular weight excluding hydrogens is 716 g/mol. The Morgan fingerprint density at radius 3 is 2.36 bits per heavy atom. The molecule has 1 N–H and O–H groups in total. The summed E-state index contributed by atoms with van der Waals surface area (Å²) >= 11 is 0. The van der Waals surface area contributed by atoms with Crippen molar-refractivity contribution >= 4 is 23.6 Å². The van der Waals surface area contributed by atoms with Crippen LogP contribution in [0, 0.1) is 40.9 Å². The van der Waals surface area contributed by atoms with Crippen molar-refractivity contribution in [3.05, 3.63) is 37.1 Å². The van der Waals surface area contributed by atoms with Crippen LogP contribution in [0.5, 0.6) is 0 Å². The average molecular weight is 781 g/mol. The molecule has 310 valence electrons.